The Bertz CT molecular complexity index is 741. The maximum atomic E-state index is 13.1. The molecular weight excluding hydrogens is 335 g/mol. The molecule has 128 valence electrons. The van der Waals surface area contributed by atoms with Gasteiger partial charge in [-0.05, 0) is 36.4 Å². The molecule has 3 nitrogen and oxygen atoms in total. The minimum absolute atomic E-state index is 0.00948. The van der Waals surface area contributed by atoms with Gasteiger partial charge in [0.1, 0.15) is 12.0 Å². The second kappa shape index (κ2) is 6.86. The highest BCUT2D eigenvalue weighted by Gasteiger charge is 2.32. The van der Waals surface area contributed by atoms with E-state index in [1.54, 1.807) is 0 Å². The van der Waals surface area contributed by atoms with Gasteiger partial charge in [-0.15, -0.1) is 0 Å². The lowest BCUT2D eigenvalue weighted by atomic mass is 10.1. The fraction of sp³-hybridized carbons (Fsp3) is 0.188. The molecule has 0 unspecified atom stereocenters. The van der Waals surface area contributed by atoms with E-state index >= 15 is 0 Å². The Morgan fingerprint density at radius 1 is 1.00 bits per heavy atom. The van der Waals surface area contributed by atoms with Gasteiger partial charge < -0.3 is 9.47 Å². The first kappa shape index (κ1) is 17.7. The summed E-state index contributed by atoms with van der Waals surface area (Å²) < 4.78 is 74.4. The van der Waals surface area contributed by atoms with Crippen LogP contribution in [0.4, 0.5) is 22.0 Å². The van der Waals surface area contributed by atoms with E-state index in [1.165, 1.54) is 25.3 Å². The highest BCUT2D eigenvalue weighted by molar-refractivity contribution is 5.76. The topological polar surface area (TPSA) is 35.5 Å². The van der Waals surface area contributed by atoms with Crippen molar-refractivity contribution in [3.05, 3.63) is 53.1 Å². The van der Waals surface area contributed by atoms with Crippen LogP contribution in [0.5, 0.6) is 17.2 Å². The number of alkyl halides is 5. The Morgan fingerprint density at radius 2 is 1.67 bits per heavy atom. The normalized spacial score (nSPS) is 11.5. The van der Waals surface area contributed by atoms with Gasteiger partial charge in [0.25, 0.3) is 6.43 Å². The standard InChI is InChI=1S/C16H11F5O3/c1-23-14-6-9(8-22)2-4-13(14)24-12-5-3-10(16(19,20)21)7-11(12)15(17)18/h2-8,15H,1H3. The van der Waals surface area contributed by atoms with E-state index < -0.39 is 29.5 Å². The Hall–Kier alpha value is -2.64. The lowest BCUT2D eigenvalue weighted by Crippen LogP contribution is -2.06. The van der Waals surface area contributed by atoms with Gasteiger partial charge in [-0.1, -0.05) is 0 Å². The number of carbonyl (C=O) groups excluding carboxylic acids is 1. The highest BCUT2D eigenvalue weighted by atomic mass is 19.4. The van der Waals surface area contributed by atoms with Crippen LogP contribution in [0.25, 0.3) is 0 Å². The number of hydrogen-bond donors (Lipinski definition) is 0. The summed E-state index contributed by atoms with van der Waals surface area (Å²) in [6.45, 7) is 0. The molecule has 0 radical (unpaired) electrons. The second-order valence-electron chi connectivity index (χ2n) is 4.68. The van der Waals surface area contributed by atoms with Crippen molar-refractivity contribution in [2.75, 3.05) is 7.11 Å². The quantitative estimate of drug-likeness (QED) is 0.547. The third-order valence-electron chi connectivity index (χ3n) is 3.12. The van der Waals surface area contributed by atoms with Crippen LogP contribution in [0, 0.1) is 0 Å². The van der Waals surface area contributed by atoms with E-state index in [-0.39, 0.29) is 17.1 Å². The largest absolute Gasteiger partial charge is 0.493 e. The minimum atomic E-state index is -4.74. The second-order valence-corrected chi connectivity index (χ2v) is 4.68. The van der Waals surface area contributed by atoms with Crippen LogP contribution in [0.15, 0.2) is 36.4 Å². The van der Waals surface area contributed by atoms with E-state index in [4.69, 9.17) is 9.47 Å². The number of carbonyl (C=O) groups is 1. The zero-order valence-electron chi connectivity index (χ0n) is 12.2. The van der Waals surface area contributed by atoms with Crippen molar-refractivity contribution < 1.29 is 36.2 Å². The average molecular weight is 346 g/mol. The molecule has 2 aromatic rings. The van der Waals surface area contributed by atoms with Gasteiger partial charge in [0.2, 0.25) is 0 Å². The van der Waals surface area contributed by atoms with Crippen molar-refractivity contribution in [3.8, 4) is 17.2 Å². The Labute approximate surface area is 133 Å². The number of hydrogen-bond acceptors (Lipinski definition) is 3. The minimum Gasteiger partial charge on any atom is -0.493 e. The number of rotatable bonds is 5. The number of ether oxygens (including phenoxy) is 2. The molecule has 0 amide bonds. The molecule has 0 aliphatic heterocycles. The molecule has 0 atom stereocenters. The van der Waals surface area contributed by atoms with Crippen molar-refractivity contribution in [1.29, 1.82) is 0 Å². The van der Waals surface area contributed by atoms with Crippen LogP contribution >= 0.6 is 0 Å². The number of aldehydes is 1. The van der Waals surface area contributed by atoms with Gasteiger partial charge in [-0.25, -0.2) is 8.78 Å². The van der Waals surface area contributed by atoms with Crippen molar-refractivity contribution in [1.82, 2.24) is 0 Å². The zero-order chi connectivity index (χ0) is 17.9. The molecule has 0 heterocycles. The molecule has 0 aliphatic carbocycles. The van der Waals surface area contributed by atoms with Crippen LogP contribution in [-0.2, 0) is 6.18 Å². The number of halogens is 5. The lowest BCUT2D eigenvalue weighted by Gasteiger charge is -2.15. The van der Waals surface area contributed by atoms with Crippen LogP contribution < -0.4 is 9.47 Å². The fourth-order valence-electron chi connectivity index (χ4n) is 1.95. The molecule has 2 aromatic carbocycles. The summed E-state index contributed by atoms with van der Waals surface area (Å²) in [5, 5.41) is 0. The predicted octanol–water partition coefficient (Wildman–Crippen LogP) is 5.26. The lowest BCUT2D eigenvalue weighted by molar-refractivity contribution is -0.137. The zero-order valence-corrected chi connectivity index (χ0v) is 12.2. The molecular formula is C16H11F5O3. The van der Waals surface area contributed by atoms with Gasteiger partial charge >= 0.3 is 6.18 Å². The fourth-order valence-corrected chi connectivity index (χ4v) is 1.95. The van der Waals surface area contributed by atoms with Gasteiger partial charge in [-0.3, -0.25) is 4.79 Å². The van der Waals surface area contributed by atoms with E-state index in [2.05, 4.69) is 0 Å². The Balaban J connectivity index is 2.44. The number of methoxy groups -OCH3 is 1. The summed E-state index contributed by atoms with van der Waals surface area (Å²) in [5.41, 5.74) is -1.83. The molecule has 0 spiro atoms. The Kier molecular flexibility index (Phi) is 5.06. The maximum Gasteiger partial charge on any atom is 0.416 e. The average Bonchev–Trinajstić information content (AvgIpc) is 2.54. The molecule has 0 N–H and O–H groups in total. The van der Waals surface area contributed by atoms with Gasteiger partial charge in [0.05, 0.1) is 18.2 Å². The van der Waals surface area contributed by atoms with Gasteiger partial charge in [-0.2, -0.15) is 13.2 Å². The summed E-state index contributed by atoms with van der Waals surface area (Å²) in [4.78, 5) is 10.7. The molecule has 0 fully saturated rings. The molecule has 0 aromatic heterocycles. The van der Waals surface area contributed by atoms with Crippen molar-refractivity contribution >= 4 is 6.29 Å². The van der Waals surface area contributed by atoms with Crippen LogP contribution in [0.1, 0.15) is 27.9 Å². The Morgan fingerprint density at radius 3 is 2.21 bits per heavy atom. The van der Waals surface area contributed by atoms with E-state index in [1.807, 2.05) is 0 Å². The first-order valence-corrected chi connectivity index (χ1v) is 6.56. The van der Waals surface area contributed by atoms with Gasteiger partial charge in [0.15, 0.2) is 11.5 Å². The molecule has 8 heteroatoms. The van der Waals surface area contributed by atoms with Crippen molar-refractivity contribution in [3.63, 3.8) is 0 Å². The molecule has 0 saturated heterocycles. The third kappa shape index (κ3) is 3.81. The highest BCUT2D eigenvalue weighted by Crippen LogP contribution is 2.40. The summed E-state index contributed by atoms with van der Waals surface area (Å²) in [7, 11) is 1.28. The van der Waals surface area contributed by atoms with E-state index in [0.717, 1.165) is 6.07 Å². The summed E-state index contributed by atoms with van der Waals surface area (Å²) in [6.07, 6.45) is -7.36. The van der Waals surface area contributed by atoms with E-state index in [0.29, 0.717) is 18.4 Å². The monoisotopic (exact) mass is 346 g/mol. The molecule has 0 saturated carbocycles. The molecule has 24 heavy (non-hydrogen) atoms. The van der Waals surface area contributed by atoms with Crippen LogP contribution in [0.2, 0.25) is 0 Å². The third-order valence-corrected chi connectivity index (χ3v) is 3.12. The molecule has 0 aliphatic rings. The summed E-state index contributed by atoms with van der Waals surface area (Å²) >= 11 is 0. The van der Waals surface area contributed by atoms with Crippen molar-refractivity contribution in [2.24, 2.45) is 0 Å². The predicted molar refractivity (Wildman–Crippen MR) is 74.9 cm³/mol. The van der Waals surface area contributed by atoms with Gasteiger partial charge in [0, 0.05) is 5.56 Å². The summed E-state index contributed by atoms with van der Waals surface area (Å²) in [5.74, 6) is -0.361. The van der Waals surface area contributed by atoms with Crippen molar-refractivity contribution in [2.45, 2.75) is 12.6 Å². The molecule has 0 bridgehead atoms. The molecule has 2 rings (SSSR count). The first-order valence-electron chi connectivity index (χ1n) is 6.56. The maximum absolute atomic E-state index is 13.1. The van der Waals surface area contributed by atoms with E-state index in [9.17, 15) is 26.7 Å². The number of benzene rings is 2. The van der Waals surface area contributed by atoms with Crippen LogP contribution in [0.3, 0.4) is 0 Å². The summed E-state index contributed by atoms with van der Waals surface area (Å²) in [6, 6.07) is 5.78. The first-order chi connectivity index (χ1) is 11.3. The van der Waals surface area contributed by atoms with Crippen LogP contribution in [-0.4, -0.2) is 13.4 Å². The smallest absolute Gasteiger partial charge is 0.416 e. The SMILES string of the molecule is COc1cc(C=O)ccc1Oc1ccc(C(F)(F)F)cc1C(F)F.